The summed E-state index contributed by atoms with van der Waals surface area (Å²) >= 11 is 0. The fourth-order valence-corrected chi connectivity index (χ4v) is 4.69. The lowest BCUT2D eigenvalue weighted by atomic mass is 10.1. The van der Waals surface area contributed by atoms with Crippen LogP contribution in [0.25, 0.3) is 0 Å². The third-order valence-corrected chi connectivity index (χ3v) is 7.02. The van der Waals surface area contributed by atoms with Gasteiger partial charge in [0.25, 0.3) is 0 Å². The maximum atomic E-state index is 13.7. The second kappa shape index (κ2) is 13.9. The minimum absolute atomic E-state index is 0.0363. The van der Waals surface area contributed by atoms with Crippen molar-refractivity contribution in [3.05, 3.63) is 59.7 Å². The Hall–Kier alpha value is -3.21. The number of rotatable bonds is 14. The quantitative estimate of drug-likeness (QED) is 0.368. The molecule has 1 N–H and O–H groups in total. The van der Waals surface area contributed by atoms with Gasteiger partial charge >= 0.3 is 0 Å². The van der Waals surface area contributed by atoms with Crippen molar-refractivity contribution in [2.75, 3.05) is 30.8 Å². The van der Waals surface area contributed by atoms with Gasteiger partial charge in [-0.2, -0.15) is 0 Å². The van der Waals surface area contributed by atoms with Crippen LogP contribution in [0.1, 0.15) is 45.1 Å². The topological polar surface area (TPSA) is 96.0 Å². The smallest absolute Gasteiger partial charge is 0.242 e. The molecule has 2 rings (SSSR count). The number of methoxy groups -OCH3 is 1. The second-order valence-electron chi connectivity index (χ2n) is 8.73. The van der Waals surface area contributed by atoms with E-state index < -0.39 is 27.7 Å². The van der Waals surface area contributed by atoms with E-state index in [0.717, 1.165) is 41.1 Å². The Morgan fingerprint density at radius 3 is 2.43 bits per heavy atom. The zero-order valence-corrected chi connectivity index (χ0v) is 22.5. The molecule has 0 spiro atoms. The molecule has 0 radical (unpaired) electrons. The van der Waals surface area contributed by atoms with E-state index >= 15 is 0 Å². The maximum absolute atomic E-state index is 13.7. The van der Waals surface area contributed by atoms with E-state index in [9.17, 15) is 26.8 Å². The lowest BCUT2D eigenvalue weighted by Crippen LogP contribution is -2.48. The van der Waals surface area contributed by atoms with E-state index in [2.05, 4.69) is 5.32 Å². The molecule has 0 aliphatic heterocycles. The molecule has 2 amide bonds. The van der Waals surface area contributed by atoms with Crippen molar-refractivity contribution in [3.63, 3.8) is 0 Å². The summed E-state index contributed by atoms with van der Waals surface area (Å²) in [4.78, 5) is 27.5. The monoisotopic (exact) mass is 539 g/mol. The Kier molecular flexibility index (Phi) is 11.3. The molecule has 8 nitrogen and oxygen atoms in total. The van der Waals surface area contributed by atoms with Crippen LogP contribution in [0.3, 0.4) is 0 Å². The molecule has 1 atom stereocenters. The number of unbranched alkanes of at least 4 members (excludes halogenated alkanes) is 1. The Labute approximate surface area is 217 Å². The summed E-state index contributed by atoms with van der Waals surface area (Å²) in [5.74, 6) is -2.29. The van der Waals surface area contributed by atoms with Crippen LogP contribution in [0.4, 0.5) is 14.5 Å². The molecular weight excluding hydrogens is 504 g/mol. The van der Waals surface area contributed by atoms with Gasteiger partial charge in [-0.3, -0.25) is 13.9 Å². The molecule has 37 heavy (non-hydrogen) atoms. The maximum Gasteiger partial charge on any atom is 0.242 e. The van der Waals surface area contributed by atoms with Crippen LogP contribution >= 0.6 is 0 Å². The molecule has 0 unspecified atom stereocenters. The summed E-state index contributed by atoms with van der Waals surface area (Å²) in [5, 5.41) is 2.84. The van der Waals surface area contributed by atoms with Crippen molar-refractivity contribution in [2.24, 2.45) is 0 Å². The van der Waals surface area contributed by atoms with Gasteiger partial charge in [-0.15, -0.1) is 0 Å². The first-order valence-electron chi connectivity index (χ1n) is 12.1. The van der Waals surface area contributed by atoms with Crippen LogP contribution in [-0.4, -0.2) is 57.6 Å². The first-order chi connectivity index (χ1) is 17.5. The predicted molar refractivity (Wildman–Crippen MR) is 139 cm³/mol. The molecule has 0 heterocycles. The lowest BCUT2D eigenvalue weighted by molar-refractivity contribution is -0.140. The highest BCUT2D eigenvalue weighted by Gasteiger charge is 2.27. The highest BCUT2D eigenvalue weighted by molar-refractivity contribution is 7.92. The minimum Gasteiger partial charge on any atom is -0.497 e. The fourth-order valence-electron chi connectivity index (χ4n) is 3.73. The molecule has 0 bridgehead atoms. The first kappa shape index (κ1) is 30.0. The van der Waals surface area contributed by atoms with E-state index in [1.165, 1.54) is 18.1 Å². The van der Waals surface area contributed by atoms with Crippen molar-refractivity contribution in [2.45, 2.75) is 52.1 Å². The predicted octanol–water partition coefficient (Wildman–Crippen LogP) is 3.85. The van der Waals surface area contributed by atoms with Gasteiger partial charge in [0.1, 0.15) is 11.8 Å². The highest BCUT2D eigenvalue weighted by Crippen LogP contribution is 2.22. The van der Waals surface area contributed by atoms with E-state index in [1.54, 1.807) is 25.1 Å². The Bertz CT molecular complexity index is 1180. The van der Waals surface area contributed by atoms with E-state index in [0.29, 0.717) is 12.3 Å². The molecule has 0 fully saturated rings. The van der Waals surface area contributed by atoms with Crippen LogP contribution in [-0.2, 0) is 26.2 Å². The standard InChI is InChI=1S/C26H35F2N3O5S/c1-5-6-14-29-26(33)19(2)30(18-20-9-7-10-22(16-20)36-3)25(32)11-8-15-31(37(4,34)35)21-12-13-23(27)24(28)17-21/h7,9-10,12-13,16-17,19H,5-6,8,11,14-15,18H2,1-4H3,(H,29,33)/t19-/m1/s1. The third-order valence-electron chi connectivity index (χ3n) is 5.83. The van der Waals surface area contributed by atoms with Crippen molar-refractivity contribution < 1.29 is 31.5 Å². The average Bonchev–Trinajstić information content (AvgIpc) is 2.85. The summed E-state index contributed by atoms with van der Waals surface area (Å²) in [5.41, 5.74) is 0.728. The van der Waals surface area contributed by atoms with Crippen LogP contribution in [0, 0.1) is 11.6 Å². The van der Waals surface area contributed by atoms with Gasteiger partial charge in [-0.05, 0) is 49.6 Å². The van der Waals surface area contributed by atoms with Crippen LogP contribution in [0.15, 0.2) is 42.5 Å². The van der Waals surface area contributed by atoms with Crippen LogP contribution in [0.5, 0.6) is 5.75 Å². The average molecular weight is 540 g/mol. The minimum atomic E-state index is -3.82. The van der Waals surface area contributed by atoms with Gasteiger partial charge in [0.05, 0.1) is 19.1 Å². The Morgan fingerprint density at radius 2 is 1.81 bits per heavy atom. The summed E-state index contributed by atoms with van der Waals surface area (Å²) in [6, 6.07) is 9.20. The summed E-state index contributed by atoms with van der Waals surface area (Å²) in [6.07, 6.45) is 2.72. The van der Waals surface area contributed by atoms with Gasteiger partial charge in [-0.1, -0.05) is 25.5 Å². The lowest BCUT2D eigenvalue weighted by Gasteiger charge is -2.29. The van der Waals surface area contributed by atoms with Crippen molar-refractivity contribution in [1.82, 2.24) is 10.2 Å². The molecule has 0 aliphatic rings. The number of benzene rings is 2. The number of sulfonamides is 1. The zero-order chi connectivity index (χ0) is 27.6. The SMILES string of the molecule is CCCCNC(=O)[C@@H](C)N(Cc1cccc(OC)c1)C(=O)CCCN(c1ccc(F)c(F)c1)S(C)(=O)=O. The summed E-state index contributed by atoms with van der Waals surface area (Å²) in [7, 11) is -2.29. The number of anilines is 1. The molecule has 2 aromatic rings. The second-order valence-corrected chi connectivity index (χ2v) is 10.6. The number of nitrogens with one attached hydrogen (secondary N) is 1. The molecule has 11 heteroatoms. The highest BCUT2D eigenvalue weighted by atomic mass is 32.2. The molecular formula is C26H35F2N3O5S. The van der Waals surface area contributed by atoms with Gasteiger partial charge in [-0.25, -0.2) is 17.2 Å². The van der Waals surface area contributed by atoms with Crippen LogP contribution in [0.2, 0.25) is 0 Å². The molecule has 0 saturated carbocycles. The number of carbonyl (C=O) groups excluding carboxylic acids is 2. The Morgan fingerprint density at radius 1 is 1.08 bits per heavy atom. The van der Waals surface area contributed by atoms with E-state index in [1.807, 2.05) is 13.0 Å². The number of halogens is 2. The first-order valence-corrected chi connectivity index (χ1v) is 14.0. The number of amides is 2. The third kappa shape index (κ3) is 8.99. The molecule has 204 valence electrons. The molecule has 2 aromatic carbocycles. The number of nitrogens with zero attached hydrogens (tertiary/aromatic N) is 2. The zero-order valence-electron chi connectivity index (χ0n) is 21.7. The van der Waals surface area contributed by atoms with Crippen molar-refractivity contribution in [1.29, 1.82) is 0 Å². The molecule has 0 aromatic heterocycles. The van der Waals surface area contributed by atoms with Crippen molar-refractivity contribution >= 4 is 27.5 Å². The molecule has 0 aliphatic carbocycles. The number of ether oxygens (including phenoxy) is 1. The van der Waals surface area contributed by atoms with Gasteiger partial charge < -0.3 is 15.0 Å². The normalized spacial score (nSPS) is 12.1. The Balaban J connectivity index is 2.18. The van der Waals surface area contributed by atoms with E-state index in [4.69, 9.17) is 4.74 Å². The largest absolute Gasteiger partial charge is 0.497 e. The fraction of sp³-hybridized carbons (Fsp3) is 0.462. The van der Waals surface area contributed by atoms with Gasteiger partial charge in [0.2, 0.25) is 21.8 Å². The number of carbonyl (C=O) groups is 2. The molecule has 0 saturated heterocycles. The number of hydrogen-bond acceptors (Lipinski definition) is 5. The van der Waals surface area contributed by atoms with Crippen molar-refractivity contribution in [3.8, 4) is 5.75 Å². The van der Waals surface area contributed by atoms with Crippen LogP contribution < -0.4 is 14.4 Å². The van der Waals surface area contributed by atoms with Gasteiger partial charge in [0.15, 0.2) is 11.6 Å². The summed E-state index contributed by atoms with van der Waals surface area (Å²) in [6.45, 7) is 4.17. The number of hydrogen-bond donors (Lipinski definition) is 1. The van der Waals surface area contributed by atoms with E-state index in [-0.39, 0.29) is 43.4 Å². The summed E-state index contributed by atoms with van der Waals surface area (Å²) < 4.78 is 57.9. The van der Waals surface area contributed by atoms with Gasteiger partial charge in [0, 0.05) is 32.1 Å².